The number of nitro groups is 1. The van der Waals surface area contributed by atoms with E-state index in [1.54, 1.807) is 11.6 Å². The van der Waals surface area contributed by atoms with E-state index in [9.17, 15) is 10.1 Å². The van der Waals surface area contributed by atoms with Crippen LogP contribution in [0.2, 0.25) is 0 Å². The Labute approximate surface area is 118 Å². The van der Waals surface area contributed by atoms with E-state index in [0.29, 0.717) is 18.1 Å². The SMILES string of the molecule is CCn1nc(C)c([N+](=O)[O-])c1N1CCCCC1C(C)N. The summed E-state index contributed by atoms with van der Waals surface area (Å²) in [5.41, 5.74) is 6.68. The molecule has 112 valence electrons. The molecule has 1 saturated heterocycles. The van der Waals surface area contributed by atoms with Gasteiger partial charge in [-0.3, -0.25) is 10.1 Å². The number of hydrogen-bond acceptors (Lipinski definition) is 5. The van der Waals surface area contributed by atoms with Crippen LogP contribution in [0.15, 0.2) is 0 Å². The summed E-state index contributed by atoms with van der Waals surface area (Å²) in [7, 11) is 0. The van der Waals surface area contributed by atoms with Crippen molar-refractivity contribution >= 4 is 11.5 Å². The van der Waals surface area contributed by atoms with Gasteiger partial charge in [0.1, 0.15) is 5.69 Å². The molecule has 1 aromatic rings. The van der Waals surface area contributed by atoms with Crippen LogP contribution >= 0.6 is 0 Å². The number of rotatable bonds is 4. The molecule has 1 aliphatic rings. The Bertz CT molecular complexity index is 497. The van der Waals surface area contributed by atoms with Gasteiger partial charge in [-0.15, -0.1) is 0 Å². The van der Waals surface area contributed by atoms with Crippen LogP contribution in [0.25, 0.3) is 0 Å². The highest BCUT2D eigenvalue weighted by molar-refractivity contribution is 5.62. The first-order chi connectivity index (χ1) is 9.47. The van der Waals surface area contributed by atoms with E-state index in [2.05, 4.69) is 10.00 Å². The van der Waals surface area contributed by atoms with Crippen molar-refractivity contribution in [3.8, 4) is 0 Å². The summed E-state index contributed by atoms with van der Waals surface area (Å²) in [6.07, 6.45) is 3.13. The molecule has 0 spiro atoms. The molecule has 2 N–H and O–H groups in total. The molecule has 1 aromatic heterocycles. The lowest BCUT2D eigenvalue weighted by molar-refractivity contribution is -0.384. The summed E-state index contributed by atoms with van der Waals surface area (Å²) in [6.45, 7) is 7.03. The molecule has 1 aliphatic heterocycles. The van der Waals surface area contributed by atoms with Gasteiger partial charge in [0.2, 0.25) is 5.82 Å². The van der Waals surface area contributed by atoms with Crippen molar-refractivity contribution in [2.45, 2.75) is 58.7 Å². The van der Waals surface area contributed by atoms with Gasteiger partial charge in [0.05, 0.1) is 4.92 Å². The minimum Gasteiger partial charge on any atom is -0.347 e. The van der Waals surface area contributed by atoms with E-state index < -0.39 is 0 Å². The fourth-order valence-electron chi connectivity index (χ4n) is 3.05. The lowest BCUT2D eigenvalue weighted by atomic mass is 9.97. The molecule has 7 nitrogen and oxygen atoms in total. The molecular formula is C13H23N5O2. The van der Waals surface area contributed by atoms with Gasteiger partial charge in [-0.25, -0.2) is 4.68 Å². The van der Waals surface area contributed by atoms with Crippen LogP contribution in [0, 0.1) is 17.0 Å². The lowest BCUT2D eigenvalue weighted by Gasteiger charge is -2.39. The van der Waals surface area contributed by atoms with Gasteiger partial charge in [-0.1, -0.05) is 0 Å². The summed E-state index contributed by atoms with van der Waals surface area (Å²) in [5.74, 6) is 0.622. The Balaban J connectivity index is 2.51. The minimum absolute atomic E-state index is 0.0181. The van der Waals surface area contributed by atoms with E-state index >= 15 is 0 Å². The molecule has 2 heterocycles. The smallest absolute Gasteiger partial charge is 0.333 e. The minimum atomic E-state index is -0.323. The number of hydrogen-bond donors (Lipinski definition) is 1. The summed E-state index contributed by atoms with van der Waals surface area (Å²) in [4.78, 5) is 13.2. The Morgan fingerprint density at radius 1 is 1.55 bits per heavy atom. The first-order valence-corrected chi connectivity index (χ1v) is 7.21. The molecule has 20 heavy (non-hydrogen) atoms. The Morgan fingerprint density at radius 3 is 2.80 bits per heavy atom. The van der Waals surface area contributed by atoms with Crippen LogP contribution in [0.1, 0.15) is 38.8 Å². The molecule has 0 radical (unpaired) electrons. The zero-order valence-electron chi connectivity index (χ0n) is 12.4. The fourth-order valence-corrected chi connectivity index (χ4v) is 3.05. The van der Waals surface area contributed by atoms with Crippen LogP contribution in [0.5, 0.6) is 0 Å². The zero-order chi connectivity index (χ0) is 14.9. The van der Waals surface area contributed by atoms with Gasteiger partial charge >= 0.3 is 5.69 Å². The predicted molar refractivity (Wildman–Crippen MR) is 77.9 cm³/mol. The van der Waals surface area contributed by atoms with Gasteiger partial charge in [-0.2, -0.15) is 5.10 Å². The second-order valence-corrected chi connectivity index (χ2v) is 5.45. The molecule has 0 aliphatic carbocycles. The normalized spacial score (nSPS) is 21.0. The predicted octanol–water partition coefficient (Wildman–Crippen LogP) is 1.83. The maximum Gasteiger partial charge on any atom is 0.333 e. The van der Waals surface area contributed by atoms with Crippen molar-refractivity contribution in [1.82, 2.24) is 9.78 Å². The topological polar surface area (TPSA) is 90.2 Å². The standard InChI is InChI=1S/C13H23N5O2/c1-4-17-13(12(18(19)20)10(3)15-17)16-8-6-5-7-11(16)9(2)14/h9,11H,4-8,14H2,1-3H3. The number of aryl methyl sites for hydroxylation is 2. The van der Waals surface area contributed by atoms with E-state index in [1.807, 2.05) is 13.8 Å². The maximum absolute atomic E-state index is 11.4. The highest BCUT2D eigenvalue weighted by Gasteiger charge is 2.35. The Hall–Kier alpha value is -1.63. The molecule has 7 heteroatoms. The van der Waals surface area contributed by atoms with Crippen molar-refractivity contribution in [1.29, 1.82) is 0 Å². The quantitative estimate of drug-likeness (QED) is 0.671. The monoisotopic (exact) mass is 281 g/mol. The van der Waals surface area contributed by atoms with Crippen molar-refractivity contribution < 1.29 is 4.92 Å². The molecule has 2 unspecified atom stereocenters. The van der Waals surface area contributed by atoms with Crippen molar-refractivity contribution in [3.05, 3.63) is 15.8 Å². The van der Waals surface area contributed by atoms with Crippen LogP contribution in [-0.2, 0) is 6.54 Å². The van der Waals surface area contributed by atoms with Gasteiger partial charge in [0, 0.05) is 25.2 Å². The molecule has 2 atom stereocenters. The van der Waals surface area contributed by atoms with Gasteiger partial charge in [-0.05, 0) is 40.0 Å². The summed E-state index contributed by atoms with van der Waals surface area (Å²) < 4.78 is 1.73. The number of aromatic nitrogens is 2. The van der Waals surface area contributed by atoms with Gasteiger partial charge in [0.25, 0.3) is 0 Å². The van der Waals surface area contributed by atoms with E-state index in [-0.39, 0.29) is 22.7 Å². The number of piperidine rings is 1. The van der Waals surface area contributed by atoms with Gasteiger partial charge < -0.3 is 10.6 Å². The van der Waals surface area contributed by atoms with E-state index in [0.717, 1.165) is 25.8 Å². The maximum atomic E-state index is 11.4. The second kappa shape index (κ2) is 5.78. The first-order valence-electron chi connectivity index (χ1n) is 7.21. The lowest BCUT2D eigenvalue weighted by Crippen LogP contribution is -2.50. The van der Waals surface area contributed by atoms with E-state index in [1.165, 1.54) is 0 Å². The van der Waals surface area contributed by atoms with E-state index in [4.69, 9.17) is 5.73 Å². The summed E-state index contributed by atoms with van der Waals surface area (Å²) >= 11 is 0. The first kappa shape index (κ1) is 14.8. The Morgan fingerprint density at radius 2 is 2.25 bits per heavy atom. The largest absolute Gasteiger partial charge is 0.347 e. The third kappa shape index (κ3) is 2.49. The highest BCUT2D eigenvalue weighted by Crippen LogP contribution is 2.35. The summed E-state index contributed by atoms with van der Waals surface area (Å²) in [5, 5.41) is 15.7. The highest BCUT2D eigenvalue weighted by atomic mass is 16.6. The molecule has 0 amide bonds. The van der Waals surface area contributed by atoms with Crippen LogP contribution in [0.4, 0.5) is 11.5 Å². The van der Waals surface area contributed by atoms with Crippen molar-refractivity contribution in [2.24, 2.45) is 5.73 Å². The average Bonchev–Trinajstić information content (AvgIpc) is 2.75. The summed E-state index contributed by atoms with van der Waals surface area (Å²) in [6, 6.07) is 0.124. The van der Waals surface area contributed by atoms with Crippen molar-refractivity contribution in [2.75, 3.05) is 11.4 Å². The second-order valence-electron chi connectivity index (χ2n) is 5.45. The average molecular weight is 281 g/mol. The van der Waals surface area contributed by atoms with Crippen LogP contribution < -0.4 is 10.6 Å². The third-order valence-corrected chi connectivity index (χ3v) is 3.98. The zero-order valence-corrected chi connectivity index (χ0v) is 12.4. The van der Waals surface area contributed by atoms with Crippen LogP contribution in [-0.4, -0.2) is 33.3 Å². The Kier molecular flexibility index (Phi) is 4.27. The molecule has 2 rings (SSSR count). The molecule has 1 fully saturated rings. The molecule has 0 aromatic carbocycles. The van der Waals surface area contributed by atoms with Crippen LogP contribution in [0.3, 0.4) is 0 Å². The molecule has 0 saturated carbocycles. The molecule has 0 bridgehead atoms. The van der Waals surface area contributed by atoms with Crippen molar-refractivity contribution in [3.63, 3.8) is 0 Å². The fraction of sp³-hybridized carbons (Fsp3) is 0.769. The van der Waals surface area contributed by atoms with Gasteiger partial charge in [0.15, 0.2) is 0 Å². The number of nitrogens with two attached hydrogens (primary N) is 1. The molecular weight excluding hydrogens is 258 g/mol. The number of anilines is 1. The third-order valence-electron chi connectivity index (χ3n) is 3.98. The number of nitrogens with zero attached hydrogens (tertiary/aromatic N) is 4.